The lowest BCUT2D eigenvalue weighted by atomic mass is 10.2. The van der Waals surface area contributed by atoms with Crippen molar-refractivity contribution in [3.8, 4) is 5.88 Å². The van der Waals surface area contributed by atoms with E-state index in [4.69, 9.17) is 5.73 Å². The molecule has 102 valence electrons. The molecule has 1 aromatic rings. The molecular formula is C8H5F6IN2O. The molecule has 1 aromatic heterocycles. The highest BCUT2D eigenvalue weighted by Crippen LogP contribution is 2.38. The summed E-state index contributed by atoms with van der Waals surface area (Å²) in [5.41, 5.74) is 3.54. The number of nitrogens with zero attached hydrogens (tertiary/aromatic N) is 1. The van der Waals surface area contributed by atoms with Gasteiger partial charge < -0.3 is 10.5 Å². The minimum absolute atomic E-state index is 0.0163. The van der Waals surface area contributed by atoms with E-state index >= 15 is 0 Å². The molecule has 0 saturated heterocycles. The van der Waals surface area contributed by atoms with E-state index in [2.05, 4.69) is 9.72 Å². The smallest absolute Gasteiger partial charge is 0.387 e. The molecule has 0 spiro atoms. The lowest BCUT2D eigenvalue weighted by Gasteiger charge is -2.16. The average molecular weight is 386 g/mol. The molecule has 1 heterocycles. The van der Waals surface area contributed by atoms with Crippen molar-refractivity contribution in [2.75, 3.05) is 0 Å². The molecule has 0 bridgehead atoms. The minimum atomic E-state index is -5.25. The Morgan fingerprint density at radius 2 is 1.78 bits per heavy atom. The summed E-state index contributed by atoms with van der Waals surface area (Å²) in [4.78, 5) is 3.14. The minimum Gasteiger partial charge on any atom is -0.387 e. The average Bonchev–Trinajstić information content (AvgIpc) is 2.13. The van der Waals surface area contributed by atoms with E-state index in [9.17, 15) is 26.3 Å². The Kier molecular flexibility index (Phi) is 4.30. The van der Waals surface area contributed by atoms with Crippen LogP contribution >= 0.6 is 22.6 Å². The normalized spacial score (nSPS) is 12.7. The lowest BCUT2D eigenvalue weighted by molar-refractivity contribution is -0.278. The predicted molar refractivity (Wildman–Crippen MR) is 56.5 cm³/mol. The first-order chi connectivity index (χ1) is 8.04. The third kappa shape index (κ3) is 3.86. The maximum atomic E-state index is 12.5. The largest absolute Gasteiger partial charge is 0.574 e. The van der Waals surface area contributed by atoms with Gasteiger partial charge in [0.25, 0.3) is 0 Å². The molecule has 1 rings (SSSR count). The Hall–Kier alpha value is -0.780. The number of alkyl halides is 6. The molecule has 0 fully saturated rings. The van der Waals surface area contributed by atoms with Crippen molar-refractivity contribution in [1.82, 2.24) is 4.98 Å². The Morgan fingerprint density at radius 3 is 2.17 bits per heavy atom. The summed E-state index contributed by atoms with van der Waals surface area (Å²) in [7, 11) is 0. The van der Waals surface area contributed by atoms with E-state index in [1.54, 1.807) is 0 Å². The van der Waals surface area contributed by atoms with Gasteiger partial charge in [0.1, 0.15) is 9.26 Å². The number of pyridine rings is 1. The highest BCUT2D eigenvalue weighted by Gasteiger charge is 2.41. The van der Waals surface area contributed by atoms with Gasteiger partial charge in [0, 0.05) is 6.54 Å². The number of hydrogen-bond donors (Lipinski definition) is 1. The van der Waals surface area contributed by atoms with Crippen LogP contribution in [0.4, 0.5) is 26.3 Å². The summed E-state index contributed by atoms with van der Waals surface area (Å²) in [5.74, 6) is -1.53. The number of rotatable bonds is 2. The van der Waals surface area contributed by atoms with Gasteiger partial charge in [-0.1, -0.05) is 0 Å². The number of halogens is 7. The Labute approximate surface area is 110 Å². The van der Waals surface area contributed by atoms with Gasteiger partial charge in [-0.15, -0.1) is 13.2 Å². The van der Waals surface area contributed by atoms with Gasteiger partial charge in [0.15, 0.2) is 0 Å². The van der Waals surface area contributed by atoms with Crippen LogP contribution in [0.15, 0.2) is 6.07 Å². The fourth-order valence-electron chi connectivity index (χ4n) is 1.05. The van der Waals surface area contributed by atoms with Crippen molar-refractivity contribution >= 4 is 22.6 Å². The van der Waals surface area contributed by atoms with Crippen molar-refractivity contribution in [2.24, 2.45) is 5.73 Å². The van der Waals surface area contributed by atoms with Gasteiger partial charge >= 0.3 is 12.5 Å². The van der Waals surface area contributed by atoms with Crippen LogP contribution < -0.4 is 10.5 Å². The second kappa shape index (κ2) is 5.07. The molecule has 0 radical (unpaired) electrons. The Bertz CT molecular complexity index is 444. The van der Waals surface area contributed by atoms with Crippen LogP contribution in [0.1, 0.15) is 11.1 Å². The van der Waals surface area contributed by atoms with E-state index < -0.39 is 24.0 Å². The molecule has 2 N–H and O–H groups in total. The zero-order valence-corrected chi connectivity index (χ0v) is 10.5. The first-order valence-electron chi connectivity index (χ1n) is 4.27. The summed E-state index contributed by atoms with van der Waals surface area (Å²) >= 11 is 1.48. The van der Waals surface area contributed by atoms with E-state index in [1.807, 2.05) is 0 Å². The van der Waals surface area contributed by atoms with Crippen LogP contribution in [0.5, 0.6) is 5.88 Å². The van der Waals surface area contributed by atoms with Crippen molar-refractivity contribution in [3.63, 3.8) is 0 Å². The second-order valence-corrected chi connectivity index (χ2v) is 4.06. The molecule has 18 heavy (non-hydrogen) atoms. The van der Waals surface area contributed by atoms with Crippen LogP contribution in [0.25, 0.3) is 0 Å². The first-order valence-corrected chi connectivity index (χ1v) is 5.35. The van der Waals surface area contributed by atoms with Gasteiger partial charge in [-0.2, -0.15) is 13.2 Å². The molecule has 10 heteroatoms. The van der Waals surface area contributed by atoms with Crippen LogP contribution in [0.3, 0.4) is 0 Å². The summed E-state index contributed by atoms with van der Waals surface area (Å²) in [5, 5.41) is 0. The number of hydrogen-bond acceptors (Lipinski definition) is 3. The summed E-state index contributed by atoms with van der Waals surface area (Å²) in [6, 6.07) is 0.496. The first kappa shape index (κ1) is 15.3. The maximum absolute atomic E-state index is 12.5. The predicted octanol–water partition coefficient (Wildman–Crippen LogP) is 3.06. The standard InChI is InChI=1S/C8H5F6IN2O/c9-7(10,11)4-1-3(2-16)5(15)17-6(4)18-8(12,13)14/h1H,2,16H2. The van der Waals surface area contributed by atoms with E-state index in [-0.39, 0.29) is 15.8 Å². The Morgan fingerprint density at radius 1 is 1.22 bits per heavy atom. The fourth-order valence-corrected chi connectivity index (χ4v) is 1.65. The molecule has 0 atom stereocenters. The molecule has 0 aliphatic heterocycles. The highest BCUT2D eigenvalue weighted by atomic mass is 127. The van der Waals surface area contributed by atoms with Crippen molar-refractivity contribution < 1.29 is 31.1 Å². The molecule has 0 saturated carbocycles. The second-order valence-electron chi connectivity index (χ2n) is 3.04. The molecule has 0 amide bonds. The molecule has 0 aromatic carbocycles. The van der Waals surface area contributed by atoms with Gasteiger partial charge in [-0.25, -0.2) is 4.98 Å². The van der Waals surface area contributed by atoms with E-state index in [0.717, 1.165) is 0 Å². The third-order valence-electron chi connectivity index (χ3n) is 1.75. The monoisotopic (exact) mass is 386 g/mol. The van der Waals surface area contributed by atoms with Crippen LogP contribution in [-0.4, -0.2) is 11.3 Å². The summed E-state index contributed by atoms with van der Waals surface area (Å²) in [6.07, 6.45) is -10.3. The molecule has 0 unspecified atom stereocenters. The molecule has 0 aliphatic carbocycles. The zero-order chi connectivity index (χ0) is 14.1. The van der Waals surface area contributed by atoms with Gasteiger partial charge in [-0.05, 0) is 34.2 Å². The number of nitrogens with two attached hydrogens (primary N) is 1. The van der Waals surface area contributed by atoms with Gasteiger partial charge in [0.2, 0.25) is 5.88 Å². The zero-order valence-electron chi connectivity index (χ0n) is 8.36. The third-order valence-corrected chi connectivity index (χ3v) is 2.69. The number of aromatic nitrogens is 1. The quantitative estimate of drug-likeness (QED) is 0.483. The fraction of sp³-hybridized carbons (Fsp3) is 0.375. The SMILES string of the molecule is NCc1cc(C(F)(F)F)c(OC(F)(F)F)nc1I. The van der Waals surface area contributed by atoms with Gasteiger partial charge in [-0.3, -0.25) is 0 Å². The van der Waals surface area contributed by atoms with Gasteiger partial charge in [0.05, 0.1) is 0 Å². The topological polar surface area (TPSA) is 48.1 Å². The molecule has 0 aliphatic rings. The van der Waals surface area contributed by atoms with Crippen molar-refractivity contribution in [2.45, 2.75) is 19.1 Å². The lowest BCUT2D eigenvalue weighted by Crippen LogP contribution is -2.22. The van der Waals surface area contributed by atoms with Crippen LogP contribution in [-0.2, 0) is 12.7 Å². The Balaban J connectivity index is 3.35. The van der Waals surface area contributed by atoms with Crippen molar-refractivity contribution in [1.29, 1.82) is 0 Å². The van der Waals surface area contributed by atoms with Crippen LogP contribution in [0, 0.1) is 3.70 Å². The maximum Gasteiger partial charge on any atom is 0.574 e. The molecular weight excluding hydrogens is 381 g/mol. The van der Waals surface area contributed by atoms with Crippen LogP contribution in [0.2, 0.25) is 0 Å². The molecule has 3 nitrogen and oxygen atoms in total. The summed E-state index contributed by atoms with van der Waals surface area (Å²) < 4.78 is 76.7. The van der Waals surface area contributed by atoms with Crippen molar-refractivity contribution in [3.05, 3.63) is 20.9 Å². The van der Waals surface area contributed by atoms with E-state index in [1.165, 1.54) is 22.6 Å². The van der Waals surface area contributed by atoms with E-state index in [0.29, 0.717) is 6.07 Å². The summed E-state index contributed by atoms with van der Waals surface area (Å²) in [6.45, 7) is -0.277. The number of ether oxygens (including phenoxy) is 1. The highest BCUT2D eigenvalue weighted by molar-refractivity contribution is 14.1.